The van der Waals surface area contributed by atoms with E-state index in [0.717, 1.165) is 51.4 Å². The molecule has 4 aromatic heterocycles. The van der Waals surface area contributed by atoms with Crippen LogP contribution in [-0.4, -0.2) is 19.5 Å². The average molecular weight is 1090 g/mol. The van der Waals surface area contributed by atoms with E-state index in [1.165, 1.54) is 71.9 Å². The molecule has 5 heteroatoms. The van der Waals surface area contributed by atoms with E-state index in [9.17, 15) is 0 Å². The Morgan fingerprint density at radius 3 is 1.70 bits per heavy atom. The van der Waals surface area contributed by atoms with Gasteiger partial charge in [0.25, 0.3) is 0 Å². The molecular weight excluding hydrogens is 1040 g/mol. The zero-order valence-electron chi connectivity index (χ0n) is 39.3. The van der Waals surface area contributed by atoms with E-state index in [2.05, 4.69) is 203 Å². The van der Waals surface area contributed by atoms with Crippen LogP contribution in [0.1, 0.15) is 22.3 Å². The number of pyridine rings is 3. The molecule has 0 atom stereocenters. The Kier molecular flexibility index (Phi) is 13.8. The normalized spacial score (nSPS) is 10.9. The zero-order chi connectivity index (χ0) is 47.2. The smallest absolute Gasteiger partial charge is 0.309 e. The van der Waals surface area contributed by atoms with Crippen molar-refractivity contribution in [1.82, 2.24) is 19.5 Å². The number of rotatable bonds is 9. The molecule has 0 N–H and O–H groups in total. The van der Waals surface area contributed by atoms with Gasteiger partial charge in [0, 0.05) is 35.1 Å². The summed E-state index contributed by atoms with van der Waals surface area (Å²) in [6.45, 7) is 4.37. The molecule has 0 aliphatic carbocycles. The topological polar surface area (TPSA) is 43.6 Å². The first kappa shape index (κ1) is 46.4. The second-order valence-corrected chi connectivity index (χ2v) is 17.5. The number of fused-ring (bicyclic) bond motifs is 3. The minimum atomic E-state index is 0. The van der Waals surface area contributed by atoms with E-state index in [1.54, 1.807) is 0 Å². The molecule has 0 aliphatic heterocycles. The van der Waals surface area contributed by atoms with Crippen LogP contribution >= 0.6 is 0 Å². The predicted octanol–water partition coefficient (Wildman–Crippen LogP) is 16.3. The van der Waals surface area contributed by atoms with E-state index < -0.39 is 0 Å². The van der Waals surface area contributed by atoms with Crippen LogP contribution < -0.4 is 0 Å². The van der Waals surface area contributed by atoms with Crippen LogP contribution in [0.3, 0.4) is 0 Å². The Balaban J connectivity index is 0.000000184. The van der Waals surface area contributed by atoms with E-state index in [1.807, 2.05) is 85.3 Å². The summed E-state index contributed by atoms with van der Waals surface area (Å²) in [4.78, 5) is 13.7. The van der Waals surface area contributed by atoms with Gasteiger partial charge in [-0.1, -0.05) is 103 Å². The first-order chi connectivity index (χ1) is 34.5. The van der Waals surface area contributed by atoms with Crippen molar-refractivity contribution >= 4 is 21.8 Å². The molecule has 0 saturated heterocycles. The van der Waals surface area contributed by atoms with Crippen LogP contribution in [0.5, 0.6) is 0 Å². The average Bonchev–Trinajstić information content (AvgIpc) is 3.76. The first-order valence-corrected chi connectivity index (χ1v) is 23.6. The minimum Gasteiger partial charge on any atom is -0.309 e. The van der Waals surface area contributed by atoms with Gasteiger partial charge < -0.3 is 19.5 Å². The number of para-hydroxylation sites is 1. The van der Waals surface area contributed by atoms with Crippen molar-refractivity contribution in [3.8, 4) is 72.8 Å². The molecule has 0 bridgehead atoms. The SMILES string of the molecule is Cc1cc(-c2ccccc2)cc(C)c1-c1ccnc(-c2[c-]cccc2)c1.[Ir+3].[c-]1ccccc1-c1cc(-c2cccc3c2c2cc(Cc4cc[c-]c(-c5ccccn5)c4)ccc2n3-c2ccccc2)ccn1. The molecule has 0 fully saturated rings. The van der Waals surface area contributed by atoms with Crippen LogP contribution in [0.15, 0.2) is 237 Å². The fourth-order valence-electron chi connectivity index (χ4n) is 9.65. The third-order valence-electron chi connectivity index (χ3n) is 12.8. The molecule has 8 aromatic carbocycles. The fraction of sp³-hybridized carbons (Fsp3) is 0.0455. The van der Waals surface area contributed by atoms with Crippen LogP contribution in [0.25, 0.3) is 94.6 Å². The molecule has 0 radical (unpaired) electrons. The Bertz CT molecular complexity index is 3720. The van der Waals surface area contributed by atoms with Gasteiger partial charge >= 0.3 is 20.1 Å². The van der Waals surface area contributed by atoms with E-state index in [-0.39, 0.29) is 20.1 Å². The largest absolute Gasteiger partial charge is 3.00 e. The third kappa shape index (κ3) is 9.93. The van der Waals surface area contributed by atoms with Crippen molar-refractivity contribution in [1.29, 1.82) is 0 Å². The molecule has 0 unspecified atom stereocenters. The van der Waals surface area contributed by atoms with E-state index in [4.69, 9.17) is 0 Å². The van der Waals surface area contributed by atoms with Crippen molar-refractivity contribution in [2.75, 3.05) is 0 Å². The molecule has 0 amide bonds. The maximum Gasteiger partial charge on any atom is 3.00 e. The van der Waals surface area contributed by atoms with Gasteiger partial charge in [0.15, 0.2) is 0 Å². The van der Waals surface area contributed by atoms with Crippen LogP contribution in [0.2, 0.25) is 0 Å². The Hall–Kier alpha value is -8.34. The fourth-order valence-corrected chi connectivity index (χ4v) is 9.65. The summed E-state index contributed by atoms with van der Waals surface area (Å²) >= 11 is 0. The van der Waals surface area contributed by atoms with Crippen molar-refractivity contribution in [3.05, 3.63) is 277 Å². The third-order valence-corrected chi connectivity index (χ3v) is 12.8. The summed E-state index contributed by atoms with van der Waals surface area (Å²) < 4.78 is 2.38. The number of aromatic nitrogens is 4. The van der Waals surface area contributed by atoms with E-state index in [0.29, 0.717) is 0 Å². The van der Waals surface area contributed by atoms with Crippen molar-refractivity contribution in [2.24, 2.45) is 0 Å². The molecule has 0 spiro atoms. The van der Waals surface area contributed by atoms with Gasteiger partial charge in [-0.15, -0.1) is 107 Å². The monoisotopic (exact) mass is 1090 g/mol. The maximum atomic E-state index is 4.68. The Labute approximate surface area is 429 Å². The molecule has 0 saturated carbocycles. The minimum absolute atomic E-state index is 0. The summed E-state index contributed by atoms with van der Waals surface area (Å²) in [5, 5.41) is 2.46. The molecular formula is C66H47IrN4. The molecule has 12 aromatic rings. The number of hydrogen-bond donors (Lipinski definition) is 0. The molecule has 340 valence electrons. The van der Waals surface area contributed by atoms with E-state index >= 15 is 0 Å². The van der Waals surface area contributed by atoms with Gasteiger partial charge in [-0.2, -0.15) is 0 Å². The van der Waals surface area contributed by atoms with Gasteiger partial charge in [0.05, 0.1) is 11.0 Å². The summed E-state index contributed by atoms with van der Waals surface area (Å²) in [7, 11) is 0. The summed E-state index contributed by atoms with van der Waals surface area (Å²) in [6.07, 6.45) is 6.43. The Morgan fingerprint density at radius 2 is 1.03 bits per heavy atom. The van der Waals surface area contributed by atoms with Gasteiger partial charge in [0.2, 0.25) is 0 Å². The Morgan fingerprint density at radius 1 is 0.408 bits per heavy atom. The van der Waals surface area contributed by atoms with Crippen LogP contribution in [-0.2, 0) is 26.5 Å². The summed E-state index contributed by atoms with van der Waals surface area (Å²) in [5.74, 6) is 0. The van der Waals surface area contributed by atoms with Gasteiger partial charge in [-0.25, -0.2) is 0 Å². The number of aryl methyl sites for hydroxylation is 2. The molecule has 0 aliphatic rings. The number of nitrogens with zero attached hydrogens (tertiary/aromatic N) is 4. The van der Waals surface area contributed by atoms with Crippen molar-refractivity contribution < 1.29 is 20.1 Å². The second-order valence-electron chi connectivity index (χ2n) is 17.5. The van der Waals surface area contributed by atoms with Gasteiger partial charge in [-0.3, -0.25) is 0 Å². The molecule has 12 rings (SSSR count). The summed E-state index contributed by atoms with van der Waals surface area (Å²) in [6, 6.07) is 86.0. The van der Waals surface area contributed by atoms with Gasteiger partial charge in [-0.05, 0) is 136 Å². The first-order valence-electron chi connectivity index (χ1n) is 23.6. The number of hydrogen-bond acceptors (Lipinski definition) is 3. The summed E-state index contributed by atoms with van der Waals surface area (Å²) in [5.41, 5.74) is 21.7. The number of benzene rings is 8. The standard InChI is InChI=1S/C41H27N3.C25H20N.Ir/c1-3-12-31(13-4-1)38-28-32(22-24-43-38)35-17-10-19-40-41(35)36-27-30(20-21-39(36)44(40)34-15-5-2-6-16-34)25-29-11-9-14-33(26-29)37-18-7-8-23-42-37;1-18-15-23(20-9-5-3-6-10-20)16-19(2)25(18)22-13-14-26-24(17-22)21-11-7-4-8-12-21;/h1-12,15-24,26-28H,25H2;3-11,13-17H,1-2H3;/q-2;-1;+3. The van der Waals surface area contributed by atoms with Crippen molar-refractivity contribution in [3.63, 3.8) is 0 Å². The second kappa shape index (κ2) is 21.1. The van der Waals surface area contributed by atoms with Crippen molar-refractivity contribution in [2.45, 2.75) is 20.3 Å². The molecule has 4 nitrogen and oxygen atoms in total. The predicted molar refractivity (Wildman–Crippen MR) is 288 cm³/mol. The molecule has 4 heterocycles. The van der Waals surface area contributed by atoms with Gasteiger partial charge in [0.1, 0.15) is 0 Å². The molecule has 71 heavy (non-hydrogen) atoms. The van der Waals surface area contributed by atoms with Crippen LogP contribution in [0.4, 0.5) is 0 Å². The zero-order valence-corrected chi connectivity index (χ0v) is 41.7. The maximum absolute atomic E-state index is 4.68. The van der Waals surface area contributed by atoms with Crippen LogP contribution in [0, 0.1) is 32.0 Å². The quantitative estimate of drug-likeness (QED) is 0.135.